The van der Waals surface area contributed by atoms with E-state index in [2.05, 4.69) is 5.32 Å². The van der Waals surface area contributed by atoms with Crippen LogP contribution in [0.5, 0.6) is 11.5 Å². The molecule has 0 saturated carbocycles. The van der Waals surface area contributed by atoms with Crippen molar-refractivity contribution in [1.82, 2.24) is 5.32 Å². The molecule has 3 aromatic carbocycles. The van der Waals surface area contributed by atoms with Crippen molar-refractivity contribution in [3.63, 3.8) is 0 Å². The predicted octanol–water partition coefficient (Wildman–Crippen LogP) is 7.60. The standard InChI is InChI=1S/C23H17Cl3F2N2O3/c1-10-9-17(33-16-8-7-13(24)19(25)11(16)2)12(3)20(26)21(10)29-23(32)30-22(31)18-14(27)5-4-6-15(18)28/h4-9H,1-3H3,(H2,29,30,31,32). The zero-order valence-corrected chi connectivity index (χ0v) is 19.8. The van der Waals surface area contributed by atoms with Crippen LogP contribution in [-0.2, 0) is 0 Å². The van der Waals surface area contributed by atoms with Crippen molar-refractivity contribution >= 4 is 52.4 Å². The molecule has 0 aliphatic carbocycles. The van der Waals surface area contributed by atoms with Crippen molar-refractivity contribution in [3.8, 4) is 11.5 Å². The van der Waals surface area contributed by atoms with E-state index in [0.29, 0.717) is 38.2 Å². The van der Waals surface area contributed by atoms with Gasteiger partial charge in [0.15, 0.2) is 0 Å². The van der Waals surface area contributed by atoms with Crippen LogP contribution >= 0.6 is 34.8 Å². The highest BCUT2D eigenvalue weighted by Gasteiger charge is 2.21. The molecule has 3 amide bonds. The van der Waals surface area contributed by atoms with E-state index in [9.17, 15) is 18.4 Å². The Kier molecular flexibility index (Phi) is 7.47. The number of rotatable bonds is 4. The minimum Gasteiger partial charge on any atom is -0.457 e. The highest BCUT2D eigenvalue weighted by Crippen LogP contribution is 2.40. The predicted molar refractivity (Wildman–Crippen MR) is 125 cm³/mol. The van der Waals surface area contributed by atoms with E-state index in [1.165, 1.54) is 0 Å². The van der Waals surface area contributed by atoms with Crippen LogP contribution < -0.4 is 15.4 Å². The fraction of sp³-hybridized carbons (Fsp3) is 0.130. The number of hydrogen-bond acceptors (Lipinski definition) is 3. The molecule has 33 heavy (non-hydrogen) atoms. The number of carbonyl (C=O) groups excluding carboxylic acids is 2. The zero-order valence-electron chi connectivity index (χ0n) is 17.6. The summed E-state index contributed by atoms with van der Waals surface area (Å²) in [6.07, 6.45) is 0. The molecule has 0 bridgehead atoms. The number of carbonyl (C=O) groups is 2. The molecule has 0 atom stereocenters. The zero-order chi connectivity index (χ0) is 24.4. The Morgan fingerprint density at radius 2 is 1.48 bits per heavy atom. The van der Waals surface area contributed by atoms with Crippen LogP contribution in [0, 0.1) is 32.4 Å². The SMILES string of the molecule is Cc1cc(Oc2ccc(Cl)c(Cl)c2C)c(C)c(Cl)c1NC(=O)NC(=O)c1c(F)cccc1F. The molecule has 0 aliphatic rings. The summed E-state index contributed by atoms with van der Waals surface area (Å²) in [6, 6.07) is 6.82. The van der Waals surface area contributed by atoms with Gasteiger partial charge in [-0.2, -0.15) is 0 Å². The smallest absolute Gasteiger partial charge is 0.326 e. The average molecular weight is 514 g/mol. The first-order valence-corrected chi connectivity index (χ1v) is 10.6. The Morgan fingerprint density at radius 3 is 2.12 bits per heavy atom. The number of aryl methyl sites for hydroxylation is 1. The van der Waals surface area contributed by atoms with E-state index < -0.39 is 29.1 Å². The fourth-order valence-corrected chi connectivity index (χ4v) is 3.64. The minimum atomic E-state index is -1.23. The fourth-order valence-electron chi connectivity index (χ4n) is 2.99. The molecule has 0 unspecified atom stereocenters. The third-order valence-electron chi connectivity index (χ3n) is 4.83. The number of benzene rings is 3. The lowest BCUT2D eigenvalue weighted by atomic mass is 10.1. The molecule has 0 fully saturated rings. The number of amides is 3. The van der Waals surface area contributed by atoms with Gasteiger partial charge < -0.3 is 10.1 Å². The maximum atomic E-state index is 13.8. The van der Waals surface area contributed by atoms with Crippen LogP contribution in [-0.4, -0.2) is 11.9 Å². The number of urea groups is 1. The lowest BCUT2D eigenvalue weighted by Gasteiger charge is -2.18. The maximum absolute atomic E-state index is 13.8. The summed E-state index contributed by atoms with van der Waals surface area (Å²) in [4.78, 5) is 24.5. The summed E-state index contributed by atoms with van der Waals surface area (Å²) in [5.74, 6) is -2.54. The topological polar surface area (TPSA) is 67.4 Å². The van der Waals surface area contributed by atoms with E-state index in [0.717, 1.165) is 18.2 Å². The van der Waals surface area contributed by atoms with Gasteiger partial charge in [-0.3, -0.25) is 10.1 Å². The van der Waals surface area contributed by atoms with Crippen LogP contribution in [0.15, 0.2) is 36.4 Å². The Bertz CT molecular complexity index is 1260. The highest BCUT2D eigenvalue weighted by molar-refractivity contribution is 6.42. The van der Waals surface area contributed by atoms with Crippen molar-refractivity contribution in [2.45, 2.75) is 20.8 Å². The first-order chi connectivity index (χ1) is 15.5. The molecular weight excluding hydrogens is 497 g/mol. The summed E-state index contributed by atoms with van der Waals surface area (Å²) in [7, 11) is 0. The molecule has 0 aromatic heterocycles. The molecule has 3 rings (SSSR count). The van der Waals surface area contributed by atoms with Crippen molar-refractivity contribution in [2.75, 3.05) is 5.32 Å². The number of anilines is 1. The van der Waals surface area contributed by atoms with Crippen LogP contribution in [0.1, 0.15) is 27.0 Å². The van der Waals surface area contributed by atoms with Gasteiger partial charge in [0.05, 0.1) is 20.8 Å². The molecule has 0 radical (unpaired) electrons. The van der Waals surface area contributed by atoms with Crippen LogP contribution in [0.2, 0.25) is 15.1 Å². The molecule has 0 saturated heterocycles. The molecule has 2 N–H and O–H groups in total. The van der Waals surface area contributed by atoms with Gasteiger partial charge in [0.2, 0.25) is 0 Å². The minimum absolute atomic E-state index is 0.155. The Hall–Kier alpha value is -2.87. The third-order valence-corrected chi connectivity index (χ3v) is 6.20. The van der Waals surface area contributed by atoms with E-state index in [1.807, 2.05) is 5.32 Å². The Balaban J connectivity index is 1.82. The van der Waals surface area contributed by atoms with Gasteiger partial charge >= 0.3 is 6.03 Å². The summed E-state index contributed by atoms with van der Waals surface area (Å²) in [5, 5.41) is 5.23. The second kappa shape index (κ2) is 9.95. The third kappa shape index (κ3) is 5.21. The Labute approximate surface area is 203 Å². The van der Waals surface area contributed by atoms with E-state index in [-0.39, 0.29) is 10.7 Å². The molecule has 10 heteroatoms. The van der Waals surface area contributed by atoms with Crippen molar-refractivity contribution in [1.29, 1.82) is 0 Å². The molecule has 0 spiro atoms. The molecule has 0 aliphatic heterocycles. The number of nitrogens with one attached hydrogen (secondary N) is 2. The maximum Gasteiger partial charge on any atom is 0.326 e. The first-order valence-electron chi connectivity index (χ1n) is 9.49. The molecule has 3 aromatic rings. The molecule has 5 nitrogen and oxygen atoms in total. The number of hydrogen-bond donors (Lipinski definition) is 2. The van der Waals surface area contributed by atoms with Crippen LogP contribution in [0.25, 0.3) is 0 Å². The summed E-state index contributed by atoms with van der Waals surface area (Å²) in [5.41, 5.74) is 0.976. The van der Waals surface area contributed by atoms with Crippen molar-refractivity contribution in [2.24, 2.45) is 0 Å². The summed E-state index contributed by atoms with van der Waals surface area (Å²) >= 11 is 18.6. The van der Waals surface area contributed by atoms with Crippen LogP contribution in [0.4, 0.5) is 19.3 Å². The lowest BCUT2D eigenvalue weighted by Crippen LogP contribution is -2.35. The summed E-state index contributed by atoms with van der Waals surface area (Å²) in [6.45, 7) is 5.09. The van der Waals surface area contributed by atoms with Gasteiger partial charge in [0, 0.05) is 11.1 Å². The normalized spacial score (nSPS) is 10.7. The van der Waals surface area contributed by atoms with Gasteiger partial charge in [0.1, 0.15) is 28.7 Å². The second-order valence-electron chi connectivity index (χ2n) is 7.10. The second-order valence-corrected chi connectivity index (χ2v) is 8.26. The van der Waals surface area contributed by atoms with E-state index >= 15 is 0 Å². The van der Waals surface area contributed by atoms with Crippen molar-refractivity contribution < 1.29 is 23.1 Å². The average Bonchev–Trinajstić information content (AvgIpc) is 2.75. The number of halogens is 5. The van der Waals surface area contributed by atoms with Gasteiger partial charge in [-0.05, 0) is 56.7 Å². The Morgan fingerprint density at radius 1 is 0.879 bits per heavy atom. The number of imide groups is 1. The molecule has 172 valence electrons. The van der Waals surface area contributed by atoms with Crippen LogP contribution in [0.3, 0.4) is 0 Å². The number of ether oxygens (including phenoxy) is 1. The molecule has 0 heterocycles. The quantitative estimate of drug-likeness (QED) is 0.377. The largest absolute Gasteiger partial charge is 0.457 e. The van der Waals surface area contributed by atoms with Gasteiger partial charge in [-0.25, -0.2) is 13.6 Å². The van der Waals surface area contributed by atoms with Gasteiger partial charge in [0.25, 0.3) is 5.91 Å². The highest BCUT2D eigenvalue weighted by atomic mass is 35.5. The van der Waals surface area contributed by atoms with Gasteiger partial charge in [-0.1, -0.05) is 40.9 Å². The van der Waals surface area contributed by atoms with Crippen molar-refractivity contribution in [3.05, 3.63) is 85.4 Å². The molecular formula is C23H17Cl3F2N2O3. The van der Waals surface area contributed by atoms with E-state index in [4.69, 9.17) is 39.5 Å². The monoisotopic (exact) mass is 512 g/mol. The van der Waals surface area contributed by atoms with Gasteiger partial charge in [-0.15, -0.1) is 0 Å². The summed E-state index contributed by atoms with van der Waals surface area (Å²) < 4.78 is 33.5. The van der Waals surface area contributed by atoms with E-state index in [1.54, 1.807) is 39.0 Å². The lowest BCUT2D eigenvalue weighted by molar-refractivity contribution is 0.0959. The first kappa shape index (κ1) is 24.8.